The van der Waals surface area contributed by atoms with Gasteiger partial charge in [0, 0.05) is 38.4 Å². The van der Waals surface area contributed by atoms with Gasteiger partial charge >= 0.3 is 0 Å². The lowest BCUT2D eigenvalue weighted by atomic mass is 9.86. The molecule has 0 aliphatic heterocycles. The maximum absolute atomic E-state index is 13.3. The van der Waals surface area contributed by atoms with E-state index in [2.05, 4.69) is 20.6 Å². The molecular weight excluding hydrogens is 400 g/mol. The first-order valence-electron chi connectivity index (χ1n) is 9.42. The Kier molecular flexibility index (Phi) is 8.13. The lowest BCUT2D eigenvalue weighted by molar-refractivity contribution is 0.0942. The average molecular weight is 426 g/mol. The first kappa shape index (κ1) is 22.8. The molecule has 1 aromatic carbocycles. The Morgan fingerprint density at radius 1 is 1.14 bits per heavy atom. The Bertz CT molecular complexity index is 828. The van der Waals surface area contributed by atoms with Crippen molar-refractivity contribution in [2.24, 2.45) is 5.92 Å². The topological polar surface area (TPSA) is 70.2 Å². The van der Waals surface area contributed by atoms with Crippen molar-refractivity contribution in [3.05, 3.63) is 47.7 Å². The van der Waals surface area contributed by atoms with Gasteiger partial charge in [-0.15, -0.1) is 12.4 Å². The number of nitrogens with one attached hydrogen (secondary N) is 2. The number of benzene rings is 1. The highest BCUT2D eigenvalue weighted by molar-refractivity contribution is 5.94. The van der Waals surface area contributed by atoms with Gasteiger partial charge in [-0.05, 0) is 55.9 Å². The minimum absolute atomic E-state index is 0. The van der Waals surface area contributed by atoms with Gasteiger partial charge in [0.15, 0.2) is 11.6 Å². The van der Waals surface area contributed by atoms with Crippen LogP contribution in [0.2, 0.25) is 0 Å². The first-order valence-corrected chi connectivity index (χ1v) is 9.42. The molecule has 1 saturated carbocycles. The Balaban J connectivity index is 0.00000300. The van der Waals surface area contributed by atoms with Crippen LogP contribution in [0.3, 0.4) is 0 Å². The zero-order valence-electron chi connectivity index (χ0n) is 16.5. The van der Waals surface area contributed by atoms with Gasteiger partial charge in [-0.1, -0.05) is 0 Å². The lowest BCUT2D eigenvalue weighted by Gasteiger charge is -2.29. The van der Waals surface area contributed by atoms with Crippen LogP contribution in [0.25, 0.3) is 0 Å². The number of nitrogens with zero attached hydrogens (tertiary/aromatic N) is 3. The summed E-state index contributed by atoms with van der Waals surface area (Å²) in [6, 6.07) is 5.34. The van der Waals surface area contributed by atoms with E-state index in [0.29, 0.717) is 24.5 Å². The number of carbonyl (C=O) groups is 1. The number of carbonyl (C=O) groups excluding carboxylic acids is 1. The summed E-state index contributed by atoms with van der Waals surface area (Å²) in [5.74, 6) is -0.510. The Hall–Kier alpha value is -2.48. The van der Waals surface area contributed by atoms with Crippen molar-refractivity contribution >= 4 is 30.1 Å². The van der Waals surface area contributed by atoms with E-state index in [0.717, 1.165) is 43.6 Å². The van der Waals surface area contributed by atoms with E-state index in [1.165, 1.54) is 6.07 Å². The molecule has 0 atom stereocenters. The molecule has 158 valence electrons. The summed E-state index contributed by atoms with van der Waals surface area (Å²) >= 11 is 0. The monoisotopic (exact) mass is 425 g/mol. The largest absolute Gasteiger partial charge is 0.363 e. The van der Waals surface area contributed by atoms with Gasteiger partial charge < -0.3 is 15.5 Å². The molecule has 0 radical (unpaired) electrons. The van der Waals surface area contributed by atoms with E-state index in [1.54, 1.807) is 6.20 Å². The smallest absolute Gasteiger partial charge is 0.251 e. The molecule has 1 aromatic heterocycles. The number of hydrogen-bond acceptors (Lipinski definition) is 5. The summed E-state index contributed by atoms with van der Waals surface area (Å²) in [4.78, 5) is 22.8. The van der Waals surface area contributed by atoms with Crippen LogP contribution in [0.4, 0.5) is 20.5 Å². The molecule has 2 aromatic rings. The molecule has 1 heterocycles. The maximum Gasteiger partial charge on any atom is 0.251 e. The third-order valence-corrected chi connectivity index (χ3v) is 5.01. The number of amides is 1. The van der Waals surface area contributed by atoms with Crippen molar-refractivity contribution in [1.29, 1.82) is 0 Å². The molecule has 1 amide bonds. The SMILES string of the molecule is CN(C)c1ccnc(N[C@H]2CC[C@@H](CNC(=O)c3ccc(F)c(F)c3)CC2)n1.Cl. The van der Waals surface area contributed by atoms with E-state index < -0.39 is 11.6 Å². The molecule has 2 N–H and O–H groups in total. The van der Waals surface area contributed by atoms with Crippen molar-refractivity contribution in [2.75, 3.05) is 30.9 Å². The van der Waals surface area contributed by atoms with Crippen LogP contribution in [-0.4, -0.2) is 42.6 Å². The summed E-state index contributed by atoms with van der Waals surface area (Å²) in [6.45, 7) is 0.525. The predicted octanol–water partition coefficient (Wildman–Crippen LogP) is 3.64. The van der Waals surface area contributed by atoms with Gasteiger partial charge in [-0.25, -0.2) is 13.8 Å². The highest BCUT2D eigenvalue weighted by Gasteiger charge is 2.22. The second-order valence-corrected chi connectivity index (χ2v) is 7.33. The van der Waals surface area contributed by atoms with E-state index in [9.17, 15) is 13.6 Å². The molecular formula is C20H26ClF2N5O. The van der Waals surface area contributed by atoms with Gasteiger partial charge in [-0.2, -0.15) is 4.98 Å². The minimum Gasteiger partial charge on any atom is -0.363 e. The predicted molar refractivity (Wildman–Crippen MR) is 112 cm³/mol. The average Bonchev–Trinajstić information content (AvgIpc) is 2.69. The number of aromatic nitrogens is 2. The number of anilines is 2. The third kappa shape index (κ3) is 6.25. The zero-order valence-corrected chi connectivity index (χ0v) is 17.3. The van der Waals surface area contributed by atoms with Crippen molar-refractivity contribution in [1.82, 2.24) is 15.3 Å². The number of halogens is 3. The minimum atomic E-state index is -1.01. The molecule has 0 saturated heterocycles. The second kappa shape index (κ2) is 10.3. The normalized spacial score (nSPS) is 18.5. The molecule has 3 rings (SSSR count). The summed E-state index contributed by atoms with van der Waals surface area (Å²) in [5.41, 5.74) is 0.132. The van der Waals surface area contributed by atoms with Crippen LogP contribution < -0.4 is 15.5 Å². The van der Waals surface area contributed by atoms with Crippen LogP contribution in [0, 0.1) is 17.6 Å². The van der Waals surface area contributed by atoms with E-state index in [-0.39, 0.29) is 23.9 Å². The van der Waals surface area contributed by atoms with Gasteiger partial charge in [-0.3, -0.25) is 4.79 Å². The second-order valence-electron chi connectivity index (χ2n) is 7.33. The number of hydrogen-bond donors (Lipinski definition) is 2. The summed E-state index contributed by atoms with van der Waals surface area (Å²) in [6.07, 6.45) is 5.58. The quantitative estimate of drug-likeness (QED) is 0.739. The van der Waals surface area contributed by atoms with Crippen molar-refractivity contribution in [3.63, 3.8) is 0 Å². The fourth-order valence-corrected chi connectivity index (χ4v) is 3.34. The zero-order chi connectivity index (χ0) is 20.1. The fourth-order valence-electron chi connectivity index (χ4n) is 3.34. The van der Waals surface area contributed by atoms with E-state index >= 15 is 0 Å². The molecule has 0 bridgehead atoms. The van der Waals surface area contributed by atoms with E-state index in [4.69, 9.17) is 0 Å². The first-order chi connectivity index (χ1) is 13.4. The Labute approximate surface area is 175 Å². The summed E-state index contributed by atoms with van der Waals surface area (Å²) in [5, 5.41) is 6.21. The highest BCUT2D eigenvalue weighted by atomic mass is 35.5. The van der Waals surface area contributed by atoms with Crippen LogP contribution in [-0.2, 0) is 0 Å². The van der Waals surface area contributed by atoms with Crippen molar-refractivity contribution in [3.8, 4) is 0 Å². The molecule has 1 aliphatic rings. The van der Waals surface area contributed by atoms with Gasteiger partial charge in [0.1, 0.15) is 5.82 Å². The van der Waals surface area contributed by atoms with Crippen molar-refractivity contribution < 1.29 is 13.6 Å². The molecule has 6 nitrogen and oxygen atoms in total. The summed E-state index contributed by atoms with van der Waals surface area (Å²) < 4.78 is 26.2. The molecule has 1 fully saturated rings. The van der Waals surface area contributed by atoms with Crippen LogP contribution in [0.5, 0.6) is 0 Å². The number of rotatable bonds is 6. The third-order valence-electron chi connectivity index (χ3n) is 5.01. The standard InChI is InChI=1S/C20H25F2N5O.ClH/c1-27(2)18-9-10-23-20(26-18)25-15-6-3-13(4-7-15)12-24-19(28)14-5-8-16(21)17(22)11-14;/h5,8-11,13,15H,3-4,6-7,12H2,1-2H3,(H,24,28)(H,23,25,26);1H/t13-,15+;. The molecule has 29 heavy (non-hydrogen) atoms. The molecule has 9 heteroatoms. The highest BCUT2D eigenvalue weighted by Crippen LogP contribution is 2.26. The van der Waals surface area contributed by atoms with Crippen molar-refractivity contribution in [2.45, 2.75) is 31.7 Å². The van der Waals surface area contributed by atoms with Gasteiger partial charge in [0.2, 0.25) is 5.95 Å². The van der Waals surface area contributed by atoms with Gasteiger partial charge in [0.05, 0.1) is 0 Å². The fraction of sp³-hybridized carbons (Fsp3) is 0.450. The van der Waals surface area contributed by atoms with Crippen LogP contribution in [0.15, 0.2) is 30.5 Å². The van der Waals surface area contributed by atoms with Crippen LogP contribution in [0.1, 0.15) is 36.0 Å². The van der Waals surface area contributed by atoms with E-state index in [1.807, 2.05) is 25.1 Å². The van der Waals surface area contributed by atoms with Crippen LogP contribution >= 0.6 is 12.4 Å². The van der Waals surface area contributed by atoms with Gasteiger partial charge in [0.25, 0.3) is 5.91 Å². The Morgan fingerprint density at radius 3 is 2.52 bits per heavy atom. The lowest BCUT2D eigenvalue weighted by Crippen LogP contribution is -2.34. The Morgan fingerprint density at radius 2 is 1.86 bits per heavy atom. The summed E-state index contributed by atoms with van der Waals surface area (Å²) in [7, 11) is 3.87. The molecule has 1 aliphatic carbocycles. The molecule has 0 spiro atoms. The maximum atomic E-state index is 13.3. The molecule has 0 unspecified atom stereocenters.